The van der Waals surface area contributed by atoms with E-state index in [-0.39, 0.29) is 5.56 Å². The summed E-state index contributed by atoms with van der Waals surface area (Å²) >= 11 is 1.64. The van der Waals surface area contributed by atoms with Crippen LogP contribution >= 0.6 is 11.3 Å². The van der Waals surface area contributed by atoms with Crippen molar-refractivity contribution in [1.29, 1.82) is 0 Å². The molecule has 0 radical (unpaired) electrons. The summed E-state index contributed by atoms with van der Waals surface area (Å²) in [5.41, 5.74) is 1.85. The minimum absolute atomic E-state index is 0.112. The van der Waals surface area contributed by atoms with E-state index in [1.807, 2.05) is 18.2 Å². The Morgan fingerprint density at radius 1 is 1.32 bits per heavy atom. The van der Waals surface area contributed by atoms with Crippen LogP contribution in [0.4, 0.5) is 0 Å². The molecule has 7 heteroatoms. The number of methoxy groups -OCH3 is 1. The highest BCUT2D eigenvalue weighted by Crippen LogP contribution is 2.33. The first kappa shape index (κ1) is 18.4. The van der Waals surface area contributed by atoms with E-state index in [0.29, 0.717) is 18.1 Å². The summed E-state index contributed by atoms with van der Waals surface area (Å²) in [6.07, 6.45) is 9.07. The second-order valence-electron chi connectivity index (χ2n) is 6.54. The molecule has 2 aromatic heterocycles. The van der Waals surface area contributed by atoms with Gasteiger partial charge >= 0.3 is 0 Å². The number of nitrogens with zero attached hydrogens (tertiary/aromatic N) is 3. The van der Waals surface area contributed by atoms with Crippen molar-refractivity contribution < 1.29 is 9.47 Å². The number of ether oxygens (including phenoxy) is 2. The van der Waals surface area contributed by atoms with Crippen LogP contribution in [-0.4, -0.2) is 29.6 Å². The van der Waals surface area contributed by atoms with Gasteiger partial charge < -0.3 is 9.47 Å². The van der Waals surface area contributed by atoms with E-state index < -0.39 is 0 Å². The quantitative estimate of drug-likeness (QED) is 0.470. The number of rotatable bonds is 6. The smallest absolute Gasteiger partial charge is 0.282 e. The molecule has 1 aromatic carbocycles. The standard InChI is InChI=1S/C21H21N3O3S/c1-3-10-27-16-9-8-14(11-17(16)26-2)12-23-24-13-22-20-19(21(24)25)15-6-4-5-7-18(15)28-20/h3,8-9,11-13H,1,4-7,10H2,2H3/b23-12-. The third kappa shape index (κ3) is 3.45. The maximum atomic E-state index is 12.9. The Kier molecular flexibility index (Phi) is 5.25. The van der Waals surface area contributed by atoms with Gasteiger partial charge in [-0.25, -0.2) is 4.98 Å². The molecule has 1 aliphatic rings. The van der Waals surface area contributed by atoms with Gasteiger partial charge in [-0.3, -0.25) is 4.79 Å². The molecule has 0 fully saturated rings. The maximum absolute atomic E-state index is 12.9. The molecule has 144 valence electrons. The zero-order chi connectivity index (χ0) is 19.5. The third-order valence-corrected chi connectivity index (χ3v) is 5.93. The largest absolute Gasteiger partial charge is 0.493 e. The summed E-state index contributed by atoms with van der Waals surface area (Å²) < 4.78 is 12.2. The fourth-order valence-corrected chi connectivity index (χ4v) is 4.60. The van der Waals surface area contributed by atoms with Crippen molar-refractivity contribution in [2.45, 2.75) is 25.7 Å². The Labute approximate surface area is 166 Å². The van der Waals surface area contributed by atoms with Crippen LogP contribution in [-0.2, 0) is 12.8 Å². The topological polar surface area (TPSA) is 65.7 Å². The van der Waals surface area contributed by atoms with E-state index in [1.165, 1.54) is 27.9 Å². The van der Waals surface area contributed by atoms with Crippen molar-refractivity contribution in [2.24, 2.45) is 5.10 Å². The van der Waals surface area contributed by atoms with Crippen molar-refractivity contribution in [3.8, 4) is 11.5 Å². The number of aryl methyl sites for hydroxylation is 2. The molecule has 2 heterocycles. The predicted octanol–water partition coefficient (Wildman–Crippen LogP) is 3.79. The van der Waals surface area contributed by atoms with E-state index in [0.717, 1.165) is 35.0 Å². The molecule has 0 unspecified atom stereocenters. The van der Waals surface area contributed by atoms with Crippen molar-refractivity contribution in [1.82, 2.24) is 9.66 Å². The first-order valence-electron chi connectivity index (χ1n) is 9.19. The Balaban J connectivity index is 1.66. The van der Waals surface area contributed by atoms with E-state index in [9.17, 15) is 4.79 Å². The number of fused-ring (bicyclic) bond motifs is 3. The van der Waals surface area contributed by atoms with Gasteiger partial charge in [0.25, 0.3) is 5.56 Å². The molecule has 28 heavy (non-hydrogen) atoms. The van der Waals surface area contributed by atoms with Crippen LogP contribution in [0.2, 0.25) is 0 Å². The van der Waals surface area contributed by atoms with Crippen LogP contribution in [0.25, 0.3) is 10.2 Å². The second kappa shape index (κ2) is 7.98. The highest BCUT2D eigenvalue weighted by Gasteiger charge is 2.19. The van der Waals surface area contributed by atoms with Gasteiger partial charge in [0.05, 0.1) is 18.7 Å². The molecular formula is C21H21N3O3S. The van der Waals surface area contributed by atoms with Gasteiger partial charge in [-0.15, -0.1) is 11.3 Å². The Bertz CT molecular complexity index is 1110. The zero-order valence-corrected chi connectivity index (χ0v) is 16.5. The molecule has 1 aliphatic carbocycles. The van der Waals surface area contributed by atoms with Gasteiger partial charge in [-0.1, -0.05) is 12.7 Å². The van der Waals surface area contributed by atoms with Crippen LogP contribution in [0.15, 0.2) is 47.1 Å². The highest BCUT2D eigenvalue weighted by molar-refractivity contribution is 7.18. The molecule has 0 aliphatic heterocycles. The van der Waals surface area contributed by atoms with Crippen molar-refractivity contribution in [3.63, 3.8) is 0 Å². The molecule has 0 atom stereocenters. The number of thiophene rings is 1. The zero-order valence-electron chi connectivity index (χ0n) is 15.7. The molecule has 0 spiro atoms. The van der Waals surface area contributed by atoms with Gasteiger partial charge in [0.2, 0.25) is 0 Å². The van der Waals surface area contributed by atoms with Gasteiger partial charge in [0.1, 0.15) is 17.8 Å². The SMILES string of the molecule is C=CCOc1ccc(/C=N\n2cnc3sc4c(c3c2=O)CCCC4)cc1OC. The van der Waals surface area contributed by atoms with Crippen molar-refractivity contribution in [2.75, 3.05) is 13.7 Å². The predicted molar refractivity (Wildman–Crippen MR) is 112 cm³/mol. The molecule has 0 saturated carbocycles. The highest BCUT2D eigenvalue weighted by atomic mass is 32.1. The Hall–Kier alpha value is -2.93. The molecule has 3 aromatic rings. The summed E-state index contributed by atoms with van der Waals surface area (Å²) in [7, 11) is 1.58. The Morgan fingerprint density at radius 3 is 3.00 bits per heavy atom. The number of hydrogen-bond acceptors (Lipinski definition) is 6. The van der Waals surface area contributed by atoms with E-state index >= 15 is 0 Å². The lowest BCUT2D eigenvalue weighted by Gasteiger charge is -2.10. The van der Waals surface area contributed by atoms with Crippen molar-refractivity contribution >= 4 is 27.8 Å². The van der Waals surface area contributed by atoms with Gasteiger partial charge in [0, 0.05) is 4.88 Å². The molecular weight excluding hydrogens is 374 g/mol. The maximum Gasteiger partial charge on any atom is 0.282 e. The number of benzene rings is 1. The minimum Gasteiger partial charge on any atom is -0.493 e. The summed E-state index contributed by atoms with van der Waals surface area (Å²) in [6.45, 7) is 4.04. The van der Waals surface area contributed by atoms with Gasteiger partial charge in [-0.05, 0) is 55.0 Å². The summed E-state index contributed by atoms with van der Waals surface area (Å²) in [6, 6.07) is 5.47. The van der Waals surface area contributed by atoms with Crippen LogP contribution in [0, 0.1) is 0 Å². The fourth-order valence-electron chi connectivity index (χ4n) is 3.38. The molecule has 4 rings (SSSR count). The first-order chi connectivity index (χ1) is 13.7. The molecule has 0 N–H and O–H groups in total. The van der Waals surface area contributed by atoms with E-state index in [2.05, 4.69) is 16.7 Å². The third-order valence-electron chi connectivity index (χ3n) is 4.73. The van der Waals surface area contributed by atoms with Crippen LogP contribution in [0.3, 0.4) is 0 Å². The lowest BCUT2D eigenvalue weighted by Crippen LogP contribution is -2.18. The summed E-state index contributed by atoms with van der Waals surface area (Å²) in [5.74, 6) is 1.23. The average Bonchev–Trinajstić information content (AvgIpc) is 3.11. The lowest BCUT2D eigenvalue weighted by molar-refractivity contribution is 0.326. The minimum atomic E-state index is -0.112. The number of hydrogen-bond donors (Lipinski definition) is 0. The second-order valence-corrected chi connectivity index (χ2v) is 7.62. The monoisotopic (exact) mass is 395 g/mol. The fraction of sp³-hybridized carbons (Fsp3) is 0.286. The van der Waals surface area contributed by atoms with Crippen LogP contribution < -0.4 is 15.0 Å². The normalized spacial score (nSPS) is 13.6. The summed E-state index contributed by atoms with van der Waals surface area (Å²) in [4.78, 5) is 19.5. The molecule has 0 bridgehead atoms. The van der Waals surface area contributed by atoms with E-state index in [1.54, 1.807) is 30.7 Å². The van der Waals surface area contributed by atoms with Crippen LogP contribution in [0.5, 0.6) is 11.5 Å². The lowest BCUT2D eigenvalue weighted by atomic mass is 9.97. The molecule has 6 nitrogen and oxygen atoms in total. The van der Waals surface area contributed by atoms with Gasteiger partial charge in [-0.2, -0.15) is 9.78 Å². The van der Waals surface area contributed by atoms with Crippen molar-refractivity contribution in [3.05, 3.63) is 63.5 Å². The first-order valence-corrected chi connectivity index (χ1v) is 10.0. The average molecular weight is 395 g/mol. The summed E-state index contributed by atoms with van der Waals surface area (Å²) in [5, 5.41) is 5.06. The van der Waals surface area contributed by atoms with Crippen LogP contribution in [0.1, 0.15) is 28.8 Å². The number of aromatic nitrogens is 2. The molecule has 0 saturated heterocycles. The molecule has 0 amide bonds. The Morgan fingerprint density at radius 2 is 2.18 bits per heavy atom. The van der Waals surface area contributed by atoms with Gasteiger partial charge in [0.15, 0.2) is 11.5 Å². The van der Waals surface area contributed by atoms with E-state index in [4.69, 9.17) is 9.47 Å².